The summed E-state index contributed by atoms with van der Waals surface area (Å²) in [6, 6.07) is 14.8. The first-order valence-electron chi connectivity index (χ1n) is 9.54. The summed E-state index contributed by atoms with van der Waals surface area (Å²) in [5, 5.41) is 9.17. The van der Waals surface area contributed by atoms with Crippen LogP contribution < -0.4 is 16.1 Å². The molecule has 0 heterocycles. The standard InChI is InChI=1S/C22H26N4O3/c1-4-16-10-12-18(13-11-16)23-21(28)22(29)26-25-15(3)14-20(27)24-19-9-7-6-8-17(19)5-2/h6-13H,4-5,14H2,1-3H3,(H,23,28)(H,24,27)(H,26,29)/b25-15-. The van der Waals surface area contributed by atoms with E-state index in [1.165, 1.54) is 0 Å². The molecule has 0 aromatic heterocycles. The average Bonchev–Trinajstić information content (AvgIpc) is 2.72. The Labute approximate surface area is 170 Å². The maximum absolute atomic E-state index is 12.2. The Hall–Kier alpha value is -3.48. The monoisotopic (exact) mass is 394 g/mol. The van der Waals surface area contributed by atoms with E-state index in [2.05, 4.69) is 21.2 Å². The molecule has 2 rings (SSSR count). The lowest BCUT2D eigenvalue weighted by molar-refractivity contribution is -0.136. The zero-order chi connectivity index (χ0) is 21.2. The molecule has 7 heteroatoms. The minimum Gasteiger partial charge on any atom is -0.326 e. The molecule has 0 fully saturated rings. The van der Waals surface area contributed by atoms with Crippen LogP contribution in [0.4, 0.5) is 11.4 Å². The number of hydrogen-bond donors (Lipinski definition) is 3. The van der Waals surface area contributed by atoms with E-state index in [0.29, 0.717) is 11.4 Å². The van der Waals surface area contributed by atoms with Gasteiger partial charge < -0.3 is 10.6 Å². The van der Waals surface area contributed by atoms with Gasteiger partial charge in [0.15, 0.2) is 0 Å². The molecule has 3 amide bonds. The van der Waals surface area contributed by atoms with Gasteiger partial charge in [0.25, 0.3) is 0 Å². The van der Waals surface area contributed by atoms with Crippen molar-refractivity contribution >= 4 is 34.8 Å². The van der Waals surface area contributed by atoms with E-state index in [0.717, 1.165) is 29.7 Å². The van der Waals surface area contributed by atoms with Crippen molar-refractivity contribution in [3.05, 3.63) is 59.7 Å². The van der Waals surface area contributed by atoms with Crippen molar-refractivity contribution in [1.29, 1.82) is 0 Å². The molecule has 0 spiro atoms. The number of nitrogens with one attached hydrogen (secondary N) is 3. The minimum absolute atomic E-state index is 0.00156. The van der Waals surface area contributed by atoms with Crippen LogP contribution in [0.25, 0.3) is 0 Å². The fraction of sp³-hybridized carbons (Fsp3) is 0.273. The molecule has 152 valence electrons. The molecule has 0 aliphatic heterocycles. The maximum atomic E-state index is 12.2. The summed E-state index contributed by atoms with van der Waals surface area (Å²) in [5.41, 5.74) is 6.00. The first-order chi connectivity index (χ1) is 13.9. The zero-order valence-corrected chi connectivity index (χ0v) is 16.9. The van der Waals surface area contributed by atoms with Gasteiger partial charge >= 0.3 is 11.8 Å². The van der Waals surface area contributed by atoms with Gasteiger partial charge in [0.2, 0.25) is 5.91 Å². The summed E-state index contributed by atoms with van der Waals surface area (Å²) in [7, 11) is 0. The molecule has 29 heavy (non-hydrogen) atoms. The van der Waals surface area contributed by atoms with Crippen LogP contribution in [-0.4, -0.2) is 23.4 Å². The Morgan fingerprint density at radius 2 is 1.55 bits per heavy atom. The Balaban J connectivity index is 1.85. The third kappa shape index (κ3) is 6.88. The fourth-order valence-corrected chi connectivity index (χ4v) is 2.63. The quantitative estimate of drug-likeness (QED) is 0.382. The average molecular weight is 394 g/mol. The number of benzene rings is 2. The molecular weight excluding hydrogens is 368 g/mol. The lowest BCUT2D eigenvalue weighted by Crippen LogP contribution is -2.33. The van der Waals surface area contributed by atoms with Crippen LogP contribution in [0.3, 0.4) is 0 Å². The van der Waals surface area contributed by atoms with E-state index in [4.69, 9.17) is 0 Å². The number of nitrogens with zero attached hydrogens (tertiary/aromatic N) is 1. The lowest BCUT2D eigenvalue weighted by atomic mass is 10.1. The molecule has 0 saturated carbocycles. The number of hydrogen-bond acceptors (Lipinski definition) is 4. The highest BCUT2D eigenvalue weighted by atomic mass is 16.2. The van der Waals surface area contributed by atoms with Crippen LogP contribution in [-0.2, 0) is 27.2 Å². The molecule has 0 saturated heterocycles. The SMILES string of the molecule is CCc1ccc(NC(=O)C(=O)N/N=C(/C)CC(=O)Nc2ccccc2CC)cc1. The summed E-state index contributed by atoms with van der Waals surface area (Å²) in [6.45, 7) is 5.65. The predicted molar refractivity (Wildman–Crippen MR) is 115 cm³/mol. The number of amides is 3. The van der Waals surface area contributed by atoms with Crippen LogP contribution in [0.2, 0.25) is 0 Å². The molecule has 0 atom stereocenters. The van der Waals surface area contributed by atoms with Crippen LogP contribution in [0.1, 0.15) is 38.3 Å². The van der Waals surface area contributed by atoms with E-state index in [9.17, 15) is 14.4 Å². The molecule has 0 aliphatic rings. The van der Waals surface area contributed by atoms with Gasteiger partial charge in [0.1, 0.15) is 0 Å². The molecule has 2 aromatic rings. The van der Waals surface area contributed by atoms with Crippen molar-refractivity contribution < 1.29 is 14.4 Å². The molecule has 0 radical (unpaired) electrons. The van der Waals surface area contributed by atoms with Gasteiger partial charge in [0.05, 0.1) is 6.42 Å². The molecule has 0 aliphatic carbocycles. The molecule has 0 unspecified atom stereocenters. The highest BCUT2D eigenvalue weighted by Gasteiger charge is 2.14. The summed E-state index contributed by atoms with van der Waals surface area (Å²) < 4.78 is 0. The van der Waals surface area contributed by atoms with Gasteiger partial charge in [-0.15, -0.1) is 0 Å². The third-order valence-electron chi connectivity index (χ3n) is 4.26. The Bertz CT molecular complexity index is 905. The Morgan fingerprint density at radius 3 is 2.21 bits per heavy atom. The number of carbonyl (C=O) groups is 3. The van der Waals surface area contributed by atoms with E-state index in [1.54, 1.807) is 19.1 Å². The zero-order valence-electron chi connectivity index (χ0n) is 16.9. The predicted octanol–water partition coefficient (Wildman–Crippen LogP) is 3.27. The van der Waals surface area contributed by atoms with Gasteiger partial charge in [-0.1, -0.05) is 44.2 Å². The van der Waals surface area contributed by atoms with Gasteiger partial charge in [-0.2, -0.15) is 5.10 Å². The van der Waals surface area contributed by atoms with Crippen molar-refractivity contribution in [3.8, 4) is 0 Å². The van der Waals surface area contributed by atoms with Gasteiger partial charge in [-0.3, -0.25) is 14.4 Å². The smallest absolute Gasteiger partial charge is 0.326 e. The molecule has 7 nitrogen and oxygen atoms in total. The second-order valence-electron chi connectivity index (χ2n) is 6.53. The lowest BCUT2D eigenvalue weighted by Gasteiger charge is -2.09. The van der Waals surface area contributed by atoms with Gasteiger partial charge in [-0.25, -0.2) is 5.43 Å². The van der Waals surface area contributed by atoms with E-state index in [-0.39, 0.29) is 12.3 Å². The van der Waals surface area contributed by atoms with Crippen molar-refractivity contribution in [2.75, 3.05) is 10.6 Å². The van der Waals surface area contributed by atoms with Crippen molar-refractivity contribution in [2.45, 2.75) is 40.0 Å². The number of aryl methyl sites for hydroxylation is 2. The highest BCUT2D eigenvalue weighted by Crippen LogP contribution is 2.15. The fourth-order valence-electron chi connectivity index (χ4n) is 2.63. The summed E-state index contributed by atoms with van der Waals surface area (Å²) in [4.78, 5) is 36.0. The minimum atomic E-state index is -0.902. The van der Waals surface area contributed by atoms with Crippen LogP contribution >= 0.6 is 0 Å². The second kappa shape index (κ2) is 10.8. The first-order valence-corrected chi connectivity index (χ1v) is 9.54. The summed E-state index contributed by atoms with van der Waals surface area (Å²) >= 11 is 0. The number of para-hydroxylation sites is 1. The van der Waals surface area contributed by atoms with E-state index >= 15 is 0 Å². The van der Waals surface area contributed by atoms with E-state index < -0.39 is 11.8 Å². The third-order valence-corrected chi connectivity index (χ3v) is 4.26. The largest absolute Gasteiger partial charge is 0.329 e. The van der Waals surface area contributed by atoms with E-state index in [1.807, 2.05) is 50.2 Å². The number of carbonyl (C=O) groups excluding carboxylic acids is 3. The van der Waals surface area contributed by atoms with Crippen molar-refractivity contribution in [3.63, 3.8) is 0 Å². The van der Waals surface area contributed by atoms with Crippen molar-refractivity contribution in [1.82, 2.24) is 5.43 Å². The van der Waals surface area contributed by atoms with Crippen molar-refractivity contribution in [2.24, 2.45) is 5.10 Å². The first kappa shape index (κ1) is 21.8. The van der Waals surface area contributed by atoms with Crippen LogP contribution in [0.15, 0.2) is 53.6 Å². The summed E-state index contributed by atoms with van der Waals surface area (Å²) in [5.74, 6) is -1.98. The normalized spacial score (nSPS) is 10.9. The van der Waals surface area contributed by atoms with Gasteiger partial charge in [-0.05, 0) is 49.1 Å². The highest BCUT2D eigenvalue weighted by molar-refractivity contribution is 6.39. The number of rotatable bonds is 7. The Morgan fingerprint density at radius 1 is 0.862 bits per heavy atom. The van der Waals surface area contributed by atoms with Gasteiger partial charge in [0, 0.05) is 17.1 Å². The molecule has 2 aromatic carbocycles. The molecule has 0 bridgehead atoms. The molecule has 3 N–H and O–H groups in total. The topological polar surface area (TPSA) is 99.7 Å². The Kier molecular flexibility index (Phi) is 8.09. The maximum Gasteiger partial charge on any atom is 0.329 e. The van der Waals surface area contributed by atoms with Crippen LogP contribution in [0.5, 0.6) is 0 Å². The summed E-state index contributed by atoms with van der Waals surface area (Å²) in [6.07, 6.45) is 1.69. The van der Waals surface area contributed by atoms with Crippen LogP contribution in [0, 0.1) is 0 Å². The number of anilines is 2. The second-order valence-corrected chi connectivity index (χ2v) is 6.53. The molecular formula is C22H26N4O3. The number of hydrazone groups is 1.